The number of nitrogens with zero attached hydrogens (tertiary/aromatic N) is 1. The van der Waals surface area contributed by atoms with E-state index in [1.54, 1.807) is 6.07 Å². The molecule has 3 nitrogen and oxygen atoms in total. The Morgan fingerprint density at radius 1 is 1.00 bits per heavy atom. The molecule has 0 unspecified atom stereocenters. The predicted octanol–water partition coefficient (Wildman–Crippen LogP) is 4.38. The molecule has 1 aromatic carbocycles. The fraction of sp³-hybridized carbons (Fsp3) is 0. The van der Waals surface area contributed by atoms with Crippen LogP contribution in [0.5, 0.6) is 0 Å². The summed E-state index contributed by atoms with van der Waals surface area (Å²) in [5.41, 5.74) is 2.52. The first-order valence-corrected chi connectivity index (χ1v) is 6.15. The number of hydrogen-bond donors (Lipinski definition) is 2. The molecule has 0 radical (unpaired) electrons. The molecule has 3 aromatic rings. The quantitative estimate of drug-likeness (QED) is 0.717. The van der Waals surface area contributed by atoms with Gasteiger partial charge in [-0.1, -0.05) is 35.3 Å². The summed E-state index contributed by atoms with van der Waals surface area (Å²) in [5, 5.41) is 1.04. The SMILES string of the molecule is Clc1cccc(-c2c[nH]c(-c3ccc[nH]3)n2)c1Cl. The molecular weight excluding hydrogens is 269 g/mol. The fourth-order valence-electron chi connectivity index (χ4n) is 1.78. The first kappa shape index (κ1) is 11.4. The zero-order valence-corrected chi connectivity index (χ0v) is 10.8. The number of H-pyrrole nitrogens is 2. The lowest BCUT2D eigenvalue weighted by atomic mass is 10.2. The molecule has 0 aliphatic rings. The van der Waals surface area contributed by atoms with Crippen molar-refractivity contribution in [3.63, 3.8) is 0 Å². The van der Waals surface area contributed by atoms with Crippen molar-refractivity contribution in [3.8, 4) is 22.8 Å². The highest BCUT2D eigenvalue weighted by Gasteiger charge is 2.11. The van der Waals surface area contributed by atoms with Crippen LogP contribution >= 0.6 is 23.2 Å². The average Bonchev–Trinajstić information content (AvgIpc) is 3.01. The minimum absolute atomic E-state index is 0.517. The van der Waals surface area contributed by atoms with E-state index in [4.69, 9.17) is 23.2 Å². The molecule has 90 valence electrons. The second-order valence-electron chi connectivity index (χ2n) is 3.82. The molecule has 0 saturated heterocycles. The molecule has 0 spiro atoms. The minimum Gasteiger partial charge on any atom is -0.359 e. The predicted molar refractivity (Wildman–Crippen MR) is 73.8 cm³/mol. The second kappa shape index (κ2) is 4.52. The molecule has 0 bridgehead atoms. The number of halogens is 2. The van der Waals surface area contributed by atoms with Gasteiger partial charge in [0.2, 0.25) is 0 Å². The highest BCUT2D eigenvalue weighted by Crippen LogP contribution is 2.33. The maximum atomic E-state index is 6.17. The molecule has 2 heterocycles. The van der Waals surface area contributed by atoms with Gasteiger partial charge in [-0.25, -0.2) is 4.98 Å². The fourth-order valence-corrected chi connectivity index (χ4v) is 2.17. The smallest absolute Gasteiger partial charge is 0.154 e. The van der Waals surface area contributed by atoms with E-state index in [0.717, 1.165) is 22.8 Å². The number of aromatic amines is 2. The standard InChI is InChI=1S/C13H9Cl2N3/c14-9-4-1-3-8(12(9)15)11-7-17-13(18-11)10-5-2-6-16-10/h1-7,16H,(H,17,18). The zero-order chi connectivity index (χ0) is 12.5. The van der Waals surface area contributed by atoms with E-state index in [0.29, 0.717) is 10.0 Å². The highest BCUT2D eigenvalue weighted by atomic mass is 35.5. The average molecular weight is 278 g/mol. The van der Waals surface area contributed by atoms with Gasteiger partial charge in [0.1, 0.15) is 0 Å². The Labute approximate surface area is 114 Å². The Hall–Kier alpha value is -1.71. The van der Waals surface area contributed by atoms with Crippen molar-refractivity contribution in [1.82, 2.24) is 15.0 Å². The molecule has 5 heteroatoms. The Bertz CT molecular complexity index is 671. The van der Waals surface area contributed by atoms with Gasteiger partial charge in [0.25, 0.3) is 0 Å². The summed E-state index contributed by atoms with van der Waals surface area (Å²) < 4.78 is 0. The van der Waals surface area contributed by atoms with Crippen LogP contribution in [0.4, 0.5) is 0 Å². The first-order valence-electron chi connectivity index (χ1n) is 5.39. The van der Waals surface area contributed by atoms with E-state index in [1.807, 2.05) is 36.7 Å². The Morgan fingerprint density at radius 2 is 1.89 bits per heavy atom. The van der Waals surface area contributed by atoms with E-state index in [9.17, 15) is 0 Å². The molecule has 0 fully saturated rings. The van der Waals surface area contributed by atoms with Crippen LogP contribution in [0, 0.1) is 0 Å². The third-order valence-electron chi connectivity index (χ3n) is 2.66. The molecule has 0 amide bonds. The van der Waals surface area contributed by atoms with Crippen molar-refractivity contribution in [2.24, 2.45) is 0 Å². The zero-order valence-electron chi connectivity index (χ0n) is 9.24. The summed E-state index contributed by atoms with van der Waals surface area (Å²) in [6.07, 6.45) is 3.66. The van der Waals surface area contributed by atoms with Crippen LogP contribution in [-0.2, 0) is 0 Å². The van der Waals surface area contributed by atoms with Gasteiger partial charge >= 0.3 is 0 Å². The van der Waals surface area contributed by atoms with E-state index in [-0.39, 0.29) is 0 Å². The third kappa shape index (κ3) is 1.92. The summed E-state index contributed by atoms with van der Waals surface area (Å²) in [5.74, 6) is 0.769. The number of hydrogen-bond acceptors (Lipinski definition) is 1. The maximum absolute atomic E-state index is 6.17. The molecule has 18 heavy (non-hydrogen) atoms. The highest BCUT2D eigenvalue weighted by molar-refractivity contribution is 6.43. The van der Waals surface area contributed by atoms with Crippen molar-refractivity contribution in [1.29, 1.82) is 0 Å². The van der Waals surface area contributed by atoms with Crippen LogP contribution < -0.4 is 0 Å². The van der Waals surface area contributed by atoms with Gasteiger partial charge in [-0.15, -0.1) is 0 Å². The van der Waals surface area contributed by atoms with Crippen LogP contribution in [0.15, 0.2) is 42.7 Å². The topological polar surface area (TPSA) is 44.5 Å². The van der Waals surface area contributed by atoms with Gasteiger partial charge in [0, 0.05) is 18.0 Å². The lowest BCUT2D eigenvalue weighted by Crippen LogP contribution is -1.82. The lowest BCUT2D eigenvalue weighted by Gasteiger charge is -2.01. The van der Waals surface area contributed by atoms with Crippen LogP contribution in [0.1, 0.15) is 0 Å². The molecule has 0 atom stereocenters. The van der Waals surface area contributed by atoms with Gasteiger partial charge in [0.15, 0.2) is 5.82 Å². The van der Waals surface area contributed by atoms with Gasteiger partial charge in [0.05, 0.1) is 21.4 Å². The van der Waals surface area contributed by atoms with Gasteiger partial charge in [-0.05, 0) is 18.2 Å². The third-order valence-corrected chi connectivity index (χ3v) is 3.48. The number of aromatic nitrogens is 3. The van der Waals surface area contributed by atoms with Crippen molar-refractivity contribution >= 4 is 23.2 Å². The summed E-state index contributed by atoms with van der Waals surface area (Å²) in [6.45, 7) is 0. The van der Waals surface area contributed by atoms with Crippen molar-refractivity contribution < 1.29 is 0 Å². The molecule has 0 aliphatic carbocycles. The Morgan fingerprint density at radius 3 is 2.67 bits per heavy atom. The van der Waals surface area contributed by atoms with Crippen LogP contribution in [0.2, 0.25) is 10.0 Å². The Balaban J connectivity index is 2.06. The van der Waals surface area contributed by atoms with E-state index < -0.39 is 0 Å². The van der Waals surface area contributed by atoms with E-state index in [2.05, 4.69) is 15.0 Å². The molecule has 2 aromatic heterocycles. The van der Waals surface area contributed by atoms with Crippen molar-refractivity contribution in [3.05, 3.63) is 52.8 Å². The van der Waals surface area contributed by atoms with E-state index >= 15 is 0 Å². The molecule has 3 rings (SSSR count). The van der Waals surface area contributed by atoms with Crippen LogP contribution in [-0.4, -0.2) is 15.0 Å². The van der Waals surface area contributed by atoms with Gasteiger partial charge in [-0.3, -0.25) is 0 Å². The number of benzene rings is 1. The monoisotopic (exact) mass is 277 g/mol. The molecule has 0 aliphatic heterocycles. The second-order valence-corrected chi connectivity index (χ2v) is 4.60. The number of nitrogens with one attached hydrogen (secondary N) is 2. The lowest BCUT2D eigenvalue weighted by molar-refractivity contribution is 1.26. The molecule has 0 saturated carbocycles. The van der Waals surface area contributed by atoms with Gasteiger partial charge < -0.3 is 9.97 Å². The molecular formula is C13H9Cl2N3. The number of rotatable bonds is 2. The van der Waals surface area contributed by atoms with E-state index in [1.165, 1.54) is 0 Å². The van der Waals surface area contributed by atoms with Gasteiger partial charge in [-0.2, -0.15) is 0 Å². The summed E-state index contributed by atoms with van der Waals surface area (Å²) in [6, 6.07) is 9.37. The first-order chi connectivity index (χ1) is 8.75. The summed E-state index contributed by atoms with van der Waals surface area (Å²) in [7, 11) is 0. The maximum Gasteiger partial charge on any atom is 0.154 e. The minimum atomic E-state index is 0.517. The molecule has 2 N–H and O–H groups in total. The van der Waals surface area contributed by atoms with Crippen LogP contribution in [0.25, 0.3) is 22.8 Å². The largest absolute Gasteiger partial charge is 0.359 e. The summed E-state index contributed by atoms with van der Waals surface area (Å²) >= 11 is 12.2. The van der Waals surface area contributed by atoms with Crippen molar-refractivity contribution in [2.75, 3.05) is 0 Å². The Kier molecular flexibility index (Phi) is 2.86. The summed E-state index contributed by atoms with van der Waals surface area (Å²) in [4.78, 5) is 10.7. The normalized spacial score (nSPS) is 10.8. The number of imidazole rings is 1. The van der Waals surface area contributed by atoms with Crippen LogP contribution in [0.3, 0.4) is 0 Å². The van der Waals surface area contributed by atoms with Crippen molar-refractivity contribution in [2.45, 2.75) is 0 Å².